The van der Waals surface area contributed by atoms with Gasteiger partial charge in [-0.2, -0.15) is 10.1 Å². The van der Waals surface area contributed by atoms with Crippen molar-refractivity contribution in [3.05, 3.63) is 90.3 Å². The molecule has 12 nitrogen and oxygen atoms in total. The van der Waals surface area contributed by atoms with Gasteiger partial charge in [0, 0.05) is 24.4 Å². The Morgan fingerprint density at radius 2 is 1.67 bits per heavy atom. The molecule has 3 aromatic heterocycles. The van der Waals surface area contributed by atoms with Crippen molar-refractivity contribution in [1.29, 1.82) is 0 Å². The highest BCUT2D eigenvalue weighted by atomic mass is 28.4. The summed E-state index contributed by atoms with van der Waals surface area (Å²) in [6, 6.07) is 22.9. The molecule has 0 saturated carbocycles. The summed E-state index contributed by atoms with van der Waals surface area (Å²) >= 11 is 0. The number of carboxylic acid groups (broad SMARTS) is 1. The zero-order valence-electron chi connectivity index (χ0n) is 28.7. The molecule has 5 rings (SSSR count). The number of nitrogens with zero attached hydrogens (tertiary/aromatic N) is 5. The van der Waals surface area contributed by atoms with E-state index < -0.39 is 14.4 Å². The first kappa shape index (κ1) is 35.5. The first-order valence-corrected chi connectivity index (χ1v) is 18.4. The molecule has 0 aliphatic carbocycles. The third kappa shape index (κ3) is 7.90. The van der Waals surface area contributed by atoms with Crippen molar-refractivity contribution in [2.75, 3.05) is 24.4 Å². The van der Waals surface area contributed by atoms with Gasteiger partial charge < -0.3 is 24.7 Å². The van der Waals surface area contributed by atoms with Crippen molar-refractivity contribution >= 4 is 47.6 Å². The van der Waals surface area contributed by atoms with Crippen molar-refractivity contribution < 1.29 is 24.2 Å². The molecule has 13 heteroatoms. The quantitative estimate of drug-likeness (QED) is 0.105. The first-order valence-electron chi connectivity index (χ1n) is 16.5. The van der Waals surface area contributed by atoms with Crippen molar-refractivity contribution in [3.8, 4) is 5.88 Å². The highest BCUT2D eigenvalue weighted by molar-refractivity contribution is 6.99. The van der Waals surface area contributed by atoms with E-state index in [1.165, 1.54) is 17.5 Å². The normalized spacial score (nSPS) is 12.5. The molecule has 49 heavy (non-hydrogen) atoms. The number of aliphatic hydroxyl groups is 1. The molecule has 2 aromatic carbocycles. The SMILES string of the molecule is CCC[C@@H](CCO[Si](c1ccccc1)(c1ccccc1)C(C)(C)C)Nc1nc(NC(=O)O)nc2cnn(Cc3cc(CO)cnc3OC)c12. The maximum Gasteiger partial charge on any atom is 0.411 e. The Bertz CT molecular complexity index is 1810. The lowest BCUT2D eigenvalue weighted by Gasteiger charge is -2.43. The molecule has 3 heterocycles. The van der Waals surface area contributed by atoms with Crippen molar-refractivity contribution in [2.24, 2.45) is 0 Å². The fraction of sp³-hybridized carbons (Fsp3) is 0.361. The molecule has 0 bridgehead atoms. The van der Waals surface area contributed by atoms with Crippen molar-refractivity contribution in [1.82, 2.24) is 24.7 Å². The van der Waals surface area contributed by atoms with Crippen LogP contribution in [0.25, 0.3) is 11.0 Å². The van der Waals surface area contributed by atoms with Crippen LogP contribution in [0.4, 0.5) is 16.6 Å². The predicted molar refractivity (Wildman–Crippen MR) is 193 cm³/mol. The lowest BCUT2D eigenvalue weighted by Crippen LogP contribution is -2.66. The van der Waals surface area contributed by atoms with Gasteiger partial charge in [-0.25, -0.2) is 14.8 Å². The fourth-order valence-corrected chi connectivity index (χ4v) is 11.0. The van der Waals surface area contributed by atoms with E-state index in [1.54, 1.807) is 17.1 Å². The number of methoxy groups -OCH3 is 1. The molecule has 258 valence electrons. The summed E-state index contributed by atoms with van der Waals surface area (Å²) in [4.78, 5) is 24.9. The van der Waals surface area contributed by atoms with Gasteiger partial charge in [0.05, 0.1) is 26.5 Å². The zero-order chi connectivity index (χ0) is 35.0. The molecule has 1 atom stereocenters. The van der Waals surface area contributed by atoms with Gasteiger partial charge in [-0.15, -0.1) is 0 Å². The molecule has 0 saturated heterocycles. The second kappa shape index (κ2) is 15.6. The van der Waals surface area contributed by atoms with Crippen LogP contribution in [-0.4, -0.2) is 69.1 Å². The Balaban J connectivity index is 1.49. The molecule has 4 N–H and O–H groups in total. The number of fused-ring (bicyclic) bond motifs is 1. The predicted octanol–water partition coefficient (Wildman–Crippen LogP) is 5.41. The molecule has 0 fully saturated rings. The van der Waals surface area contributed by atoms with Gasteiger partial charge in [-0.3, -0.25) is 10.00 Å². The number of benzene rings is 2. The van der Waals surface area contributed by atoms with E-state index in [9.17, 15) is 15.0 Å². The fourth-order valence-electron chi connectivity index (χ4n) is 6.41. The van der Waals surface area contributed by atoms with Gasteiger partial charge in [-0.05, 0) is 39.9 Å². The number of rotatable bonds is 15. The summed E-state index contributed by atoms with van der Waals surface area (Å²) < 4.78 is 14.4. The van der Waals surface area contributed by atoms with Crippen molar-refractivity contribution in [2.45, 2.75) is 71.2 Å². The monoisotopic (exact) mass is 683 g/mol. The van der Waals surface area contributed by atoms with Crippen LogP contribution >= 0.6 is 0 Å². The lowest BCUT2D eigenvalue weighted by atomic mass is 10.1. The summed E-state index contributed by atoms with van der Waals surface area (Å²) in [7, 11) is -1.20. The highest BCUT2D eigenvalue weighted by Gasteiger charge is 2.50. The Kier molecular flexibility index (Phi) is 11.3. The number of hydrogen-bond acceptors (Lipinski definition) is 9. The maximum atomic E-state index is 11.6. The molecule has 0 spiro atoms. The minimum absolute atomic E-state index is 0.0533. The number of amides is 1. The number of aliphatic hydroxyl groups excluding tert-OH is 1. The summed E-state index contributed by atoms with van der Waals surface area (Å²) in [5, 5.41) is 31.9. The average Bonchev–Trinajstić information content (AvgIpc) is 3.49. The highest BCUT2D eigenvalue weighted by Crippen LogP contribution is 2.37. The van der Waals surface area contributed by atoms with Crippen LogP contribution in [0, 0.1) is 0 Å². The van der Waals surface area contributed by atoms with E-state index in [-0.39, 0.29) is 30.2 Å². The minimum Gasteiger partial charge on any atom is -0.481 e. The first-order chi connectivity index (χ1) is 23.6. The number of ether oxygens (including phenoxy) is 1. The van der Waals surface area contributed by atoms with Crippen LogP contribution in [0.15, 0.2) is 79.1 Å². The third-order valence-corrected chi connectivity index (χ3v) is 13.6. The molecular weight excluding hydrogens is 639 g/mol. The summed E-state index contributed by atoms with van der Waals surface area (Å²) in [5.41, 5.74) is 2.41. The van der Waals surface area contributed by atoms with Crippen LogP contribution in [0.2, 0.25) is 5.04 Å². The van der Waals surface area contributed by atoms with Crippen LogP contribution in [0.5, 0.6) is 5.88 Å². The molecule has 0 unspecified atom stereocenters. The van der Waals surface area contributed by atoms with E-state index in [2.05, 4.69) is 107 Å². The molecule has 1 amide bonds. The topological polar surface area (TPSA) is 157 Å². The van der Waals surface area contributed by atoms with Crippen LogP contribution in [-0.2, 0) is 17.6 Å². The van der Waals surface area contributed by atoms with Crippen LogP contribution < -0.4 is 25.7 Å². The van der Waals surface area contributed by atoms with E-state index in [0.717, 1.165) is 12.8 Å². The largest absolute Gasteiger partial charge is 0.481 e. The Morgan fingerprint density at radius 1 is 1.00 bits per heavy atom. The summed E-state index contributed by atoms with van der Waals surface area (Å²) in [5.74, 6) is 0.799. The van der Waals surface area contributed by atoms with Gasteiger partial charge in [0.25, 0.3) is 8.32 Å². The van der Waals surface area contributed by atoms with E-state index in [0.29, 0.717) is 46.9 Å². The Labute approximate surface area is 287 Å². The smallest absolute Gasteiger partial charge is 0.411 e. The van der Waals surface area contributed by atoms with Crippen LogP contribution in [0.1, 0.15) is 58.1 Å². The molecule has 0 aliphatic rings. The van der Waals surface area contributed by atoms with E-state index >= 15 is 0 Å². The standard InChI is InChI=1S/C36H45N7O5Si/c1-6-13-27(18-19-48-49(36(2,3)4,28-14-9-7-10-15-28)29-16-11-8-12-17-29)39-32-31-30(40-34(41-32)42-35(45)46)22-38-43(31)23-26-20-25(24-44)21-37-33(26)47-5/h7-12,14-17,20-22,27,44H,6,13,18-19,23-24H2,1-5H3,(H,45,46)(H2,39,40,41,42)/t27-/m0/s1. The Hall–Kier alpha value is -4.85. The zero-order valence-corrected chi connectivity index (χ0v) is 29.7. The molecule has 0 radical (unpaired) electrons. The second-order valence-corrected chi connectivity index (χ2v) is 17.3. The number of nitrogens with one attached hydrogen (secondary N) is 2. The number of carbonyl (C=O) groups is 1. The second-order valence-electron chi connectivity index (χ2n) is 13.0. The Morgan fingerprint density at radius 3 is 2.24 bits per heavy atom. The molecule has 0 aliphatic heterocycles. The lowest BCUT2D eigenvalue weighted by molar-refractivity contribution is 0.209. The summed E-state index contributed by atoms with van der Waals surface area (Å²) in [6.45, 7) is 9.50. The number of aromatic nitrogens is 5. The minimum atomic E-state index is -2.74. The maximum absolute atomic E-state index is 11.6. The van der Waals surface area contributed by atoms with Gasteiger partial charge in [0.15, 0.2) is 5.82 Å². The van der Waals surface area contributed by atoms with E-state index in [4.69, 9.17) is 9.16 Å². The van der Waals surface area contributed by atoms with Gasteiger partial charge in [0.2, 0.25) is 11.8 Å². The molecule has 5 aromatic rings. The number of pyridine rings is 1. The molecular formula is C36H45N7O5Si. The van der Waals surface area contributed by atoms with E-state index in [1.807, 2.05) is 18.2 Å². The third-order valence-electron chi connectivity index (χ3n) is 8.56. The summed E-state index contributed by atoms with van der Waals surface area (Å²) in [6.07, 6.45) is 4.27. The van der Waals surface area contributed by atoms with Crippen LogP contribution in [0.3, 0.4) is 0 Å². The average molecular weight is 684 g/mol. The number of anilines is 2. The van der Waals surface area contributed by atoms with Gasteiger partial charge >= 0.3 is 6.09 Å². The number of hydrogen-bond donors (Lipinski definition) is 4. The van der Waals surface area contributed by atoms with Gasteiger partial charge in [0.1, 0.15) is 11.0 Å². The van der Waals surface area contributed by atoms with Gasteiger partial charge in [-0.1, -0.05) is 94.8 Å². The van der Waals surface area contributed by atoms with Crippen molar-refractivity contribution in [3.63, 3.8) is 0 Å².